The van der Waals surface area contributed by atoms with Gasteiger partial charge < -0.3 is 0 Å². The zero-order valence-corrected chi connectivity index (χ0v) is 10.5. The van der Waals surface area contributed by atoms with Gasteiger partial charge in [0, 0.05) is 0 Å². The highest BCUT2D eigenvalue weighted by Crippen LogP contribution is 2.28. The first-order valence-electron chi connectivity index (χ1n) is 4.79. The van der Waals surface area contributed by atoms with E-state index >= 15 is 0 Å². The second kappa shape index (κ2) is 4.82. The molecule has 0 aliphatic heterocycles. The highest BCUT2D eigenvalue weighted by molar-refractivity contribution is 6.43. The molecule has 0 saturated heterocycles. The molecular weight excluding hydrogens is 306 g/mol. The van der Waals surface area contributed by atoms with Gasteiger partial charge in [0.25, 0.3) is 5.78 Å². The second-order valence-electron chi connectivity index (χ2n) is 3.45. The molecule has 2 rings (SSSR count). The van der Waals surface area contributed by atoms with Gasteiger partial charge >= 0.3 is 6.18 Å². The quantitative estimate of drug-likeness (QED) is 0.800. The van der Waals surface area contributed by atoms with Crippen molar-refractivity contribution in [2.75, 3.05) is 0 Å². The zero-order chi connectivity index (χ0) is 14.2. The number of rotatable bonds is 2. The van der Waals surface area contributed by atoms with Crippen LogP contribution in [0.5, 0.6) is 0 Å². The number of ketones is 1. The Kier molecular flexibility index (Phi) is 3.51. The number of carbonyl (C=O) groups excluding carboxylic acids is 1. The predicted molar refractivity (Wildman–Crippen MR) is 61.8 cm³/mol. The van der Waals surface area contributed by atoms with Crippen LogP contribution in [0.3, 0.4) is 0 Å². The van der Waals surface area contributed by atoms with Crippen LogP contribution in [-0.2, 0) is 0 Å². The minimum atomic E-state index is -5.00. The lowest BCUT2D eigenvalue weighted by molar-refractivity contribution is -0.0888. The van der Waals surface area contributed by atoms with Crippen LogP contribution < -0.4 is 0 Å². The summed E-state index contributed by atoms with van der Waals surface area (Å²) in [5.41, 5.74) is -0.591. The maximum absolute atomic E-state index is 12.2. The maximum Gasteiger partial charge on any atom is 0.456 e. The molecule has 100 valence electrons. The number of halogens is 5. The molecule has 2 aromatic rings. The van der Waals surface area contributed by atoms with Crippen LogP contribution >= 0.6 is 23.2 Å². The summed E-state index contributed by atoms with van der Waals surface area (Å²) in [7, 11) is 0. The first kappa shape index (κ1) is 13.8. The summed E-state index contributed by atoms with van der Waals surface area (Å²) in [5.74, 6) is -2.07. The fourth-order valence-electron chi connectivity index (χ4n) is 1.30. The Balaban J connectivity index is 2.42. The molecule has 19 heavy (non-hydrogen) atoms. The topological polar surface area (TPSA) is 47.8 Å². The SMILES string of the molecule is O=C(c1cn(-c2cccc(Cl)c2Cl)nn1)C(F)(F)F. The number of aromatic nitrogens is 3. The molecule has 0 saturated carbocycles. The van der Waals surface area contributed by atoms with E-state index < -0.39 is 17.7 Å². The van der Waals surface area contributed by atoms with Crippen LogP contribution in [0, 0.1) is 0 Å². The van der Waals surface area contributed by atoms with Crippen molar-refractivity contribution in [2.24, 2.45) is 0 Å². The molecule has 0 spiro atoms. The third-order valence-electron chi connectivity index (χ3n) is 2.16. The van der Waals surface area contributed by atoms with Crippen LogP contribution in [0.1, 0.15) is 10.5 Å². The molecule has 1 aromatic heterocycles. The van der Waals surface area contributed by atoms with Crippen LogP contribution in [0.4, 0.5) is 13.2 Å². The Labute approximate surface area is 114 Å². The first-order valence-corrected chi connectivity index (χ1v) is 5.54. The van der Waals surface area contributed by atoms with Crippen molar-refractivity contribution in [3.05, 3.63) is 40.1 Å². The van der Waals surface area contributed by atoms with Crippen LogP contribution in [-0.4, -0.2) is 27.0 Å². The smallest absolute Gasteiger partial charge is 0.282 e. The van der Waals surface area contributed by atoms with Gasteiger partial charge in [0.2, 0.25) is 0 Å². The number of carbonyl (C=O) groups is 1. The largest absolute Gasteiger partial charge is 0.456 e. The number of nitrogens with zero attached hydrogens (tertiary/aromatic N) is 3. The Morgan fingerprint density at radius 3 is 2.58 bits per heavy atom. The van der Waals surface area contributed by atoms with Gasteiger partial charge in [0.15, 0.2) is 5.69 Å². The Morgan fingerprint density at radius 1 is 1.26 bits per heavy atom. The van der Waals surface area contributed by atoms with Gasteiger partial charge in [-0.15, -0.1) is 5.10 Å². The highest BCUT2D eigenvalue weighted by atomic mass is 35.5. The van der Waals surface area contributed by atoms with Gasteiger partial charge in [-0.2, -0.15) is 13.2 Å². The standard InChI is InChI=1S/C10H4Cl2F3N3O/c11-5-2-1-3-7(8(5)12)18-4-6(16-17-18)9(19)10(13,14)15/h1-4H. The lowest BCUT2D eigenvalue weighted by Crippen LogP contribution is -2.23. The fourth-order valence-corrected chi connectivity index (χ4v) is 1.68. The number of alkyl halides is 3. The second-order valence-corrected chi connectivity index (χ2v) is 4.23. The van der Waals surface area contributed by atoms with Crippen molar-refractivity contribution in [3.8, 4) is 5.69 Å². The molecule has 0 amide bonds. The lowest BCUT2D eigenvalue weighted by Gasteiger charge is -2.04. The number of hydrogen-bond donors (Lipinski definition) is 0. The van der Waals surface area contributed by atoms with E-state index in [2.05, 4.69) is 10.3 Å². The maximum atomic E-state index is 12.2. The molecule has 0 atom stereocenters. The molecule has 0 fully saturated rings. The van der Waals surface area contributed by atoms with Crippen molar-refractivity contribution in [1.29, 1.82) is 0 Å². The Bertz CT molecular complexity index is 639. The summed E-state index contributed by atoms with van der Waals surface area (Å²) >= 11 is 11.6. The van der Waals surface area contributed by atoms with Crippen LogP contribution in [0.15, 0.2) is 24.4 Å². The molecule has 0 aliphatic rings. The van der Waals surface area contributed by atoms with E-state index in [0.717, 1.165) is 10.9 Å². The van der Waals surface area contributed by atoms with Gasteiger partial charge in [-0.3, -0.25) is 4.79 Å². The Hall–Kier alpha value is -1.60. The molecule has 0 aliphatic carbocycles. The fraction of sp³-hybridized carbons (Fsp3) is 0.100. The number of hydrogen-bond acceptors (Lipinski definition) is 3. The number of Topliss-reactive ketones (excluding diaryl/α,β-unsaturated/α-hetero) is 1. The van der Waals surface area contributed by atoms with Gasteiger partial charge in [-0.05, 0) is 12.1 Å². The van der Waals surface area contributed by atoms with E-state index in [1.165, 1.54) is 18.2 Å². The van der Waals surface area contributed by atoms with E-state index in [4.69, 9.17) is 23.2 Å². The summed E-state index contributed by atoms with van der Waals surface area (Å²) in [6.45, 7) is 0. The van der Waals surface area contributed by atoms with E-state index in [9.17, 15) is 18.0 Å². The Morgan fingerprint density at radius 2 is 1.95 bits per heavy atom. The van der Waals surface area contributed by atoms with Crippen molar-refractivity contribution in [3.63, 3.8) is 0 Å². The lowest BCUT2D eigenvalue weighted by atomic mass is 10.3. The molecule has 1 aromatic carbocycles. The van der Waals surface area contributed by atoms with Crippen LogP contribution in [0.25, 0.3) is 5.69 Å². The first-order chi connectivity index (χ1) is 8.80. The van der Waals surface area contributed by atoms with Gasteiger partial charge in [0.05, 0.1) is 21.9 Å². The molecule has 0 N–H and O–H groups in total. The average molecular weight is 310 g/mol. The summed E-state index contributed by atoms with van der Waals surface area (Å²) in [4.78, 5) is 11.0. The molecule has 0 radical (unpaired) electrons. The third kappa shape index (κ3) is 2.71. The molecule has 0 unspecified atom stereocenters. The third-order valence-corrected chi connectivity index (χ3v) is 2.97. The van der Waals surface area contributed by atoms with Gasteiger partial charge in [0.1, 0.15) is 0 Å². The van der Waals surface area contributed by atoms with Crippen molar-refractivity contribution < 1.29 is 18.0 Å². The average Bonchev–Trinajstić information content (AvgIpc) is 2.79. The monoisotopic (exact) mass is 309 g/mol. The van der Waals surface area contributed by atoms with E-state index in [0.29, 0.717) is 0 Å². The van der Waals surface area contributed by atoms with Crippen molar-refractivity contribution in [2.45, 2.75) is 6.18 Å². The molecule has 4 nitrogen and oxygen atoms in total. The number of benzene rings is 1. The molecule has 9 heteroatoms. The van der Waals surface area contributed by atoms with E-state index in [1.807, 2.05) is 0 Å². The molecule has 0 bridgehead atoms. The summed E-state index contributed by atoms with van der Waals surface area (Å²) in [5, 5.41) is 6.90. The summed E-state index contributed by atoms with van der Waals surface area (Å²) in [6, 6.07) is 4.52. The van der Waals surface area contributed by atoms with Gasteiger partial charge in [-0.25, -0.2) is 4.68 Å². The van der Waals surface area contributed by atoms with Gasteiger partial charge in [-0.1, -0.05) is 34.5 Å². The van der Waals surface area contributed by atoms with E-state index in [-0.39, 0.29) is 15.7 Å². The van der Waals surface area contributed by atoms with Crippen molar-refractivity contribution in [1.82, 2.24) is 15.0 Å². The van der Waals surface area contributed by atoms with Crippen molar-refractivity contribution >= 4 is 29.0 Å². The predicted octanol–water partition coefficient (Wildman–Crippen LogP) is 3.32. The highest BCUT2D eigenvalue weighted by Gasteiger charge is 2.41. The zero-order valence-electron chi connectivity index (χ0n) is 8.95. The molecule has 1 heterocycles. The molecular formula is C10H4Cl2F3N3O. The summed E-state index contributed by atoms with van der Waals surface area (Å²) < 4.78 is 37.6. The van der Waals surface area contributed by atoms with Crippen LogP contribution in [0.2, 0.25) is 10.0 Å². The summed E-state index contributed by atoms with van der Waals surface area (Å²) in [6.07, 6.45) is -4.16. The normalized spacial score (nSPS) is 11.6. The minimum absolute atomic E-state index is 0.0973. The van der Waals surface area contributed by atoms with E-state index in [1.54, 1.807) is 0 Å². The minimum Gasteiger partial charge on any atom is -0.282 e.